The zero-order chi connectivity index (χ0) is 15.6. The standard InChI is InChI=1S/C18H19NO3S/c20-18(19-7-3-1-2-4-8-19)14-10-17(23-11-14)13-5-6-15-16(9-13)22-12-21-15/h5-6,9-11H,1-4,7-8,12H2. The summed E-state index contributed by atoms with van der Waals surface area (Å²) < 4.78 is 10.8. The molecule has 1 fully saturated rings. The largest absolute Gasteiger partial charge is 0.454 e. The molecule has 0 N–H and O–H groups in total. The summed E-state index contributed by atoms with van der Waals surface area (Å²) in [7, 11) is 0. The number of fused-ring (bicyclic) bond motifs is 1. The van der Waals surface area contributed by atoms with E-state index in [1.807, 2.05) is 34.5 Å². The van der Waals surface area contributed by atoms with Crippen molar-refractivity contribution >= 4 is 17.2 Å². The molecule has 0 saturated carbocycles. The normalized spacial score (nSPS) is 17.1. The molecular formula is C18H19NO3S. The molecule has 1 aromatic heterocycles. The summed E-state index contributed by atoms with van der Waals surface area (Å²) in [5.41, 5.74) is 1.86. The molecule has 23 heavy (non-hydrogen) atoms. The molecular weight excluding hydrogens is 310 g/mol. The van der Waals surface area contributed by atoms with Crippen LogP contribution >= 0.6 is 11.3 Å². The van der Waals surface area contributed by atoms with Gasteiger partial charge in [-0.3, -0.25) is 4.79 Å². The van der Waals surface area contributed by atoms with Gasteiger partial charge >= 0.3 is 0 Å². The fourth-order valence-electron chi connectivity index (χ4n) is 3.11. The molecule has 3 heterocycles. The third-order valence-electron chi connectivity index (χ3n) is 4.40. The molecule has 1 aromatic carbocycles. The highest BCUT2D eigenvalue weighted by molar-refractivity contribution is 7.13. The van der Waals surface area contributed by atoms with Crippen LogP contribution in [0.2, 0.25) is 0 Å². The molecule has 2 aromatic rings. The average Bonchev–Trinajstić information content (AvgIpc) is 3.16. The maximum absolute atomic E-state index is 12.7. The van der Waals surface area contributed by atoms with Crippen molar-refractivity contribution in [1.82, 2.24) is 4.90 Å². The van der Waals surface area contributed by atoms with Crippen LogP contribution in [0.1, 0.15) is 36.0 Å². The van der Waals surface area contributed by atoms with Crippen LogP contribution in [-0.4, -0.2) is 30.7 Å². The molecule has 0 unspecified atom stereocenters. The highest BCUT2D eigenvalue weighted by Crippen LogP contribution is 2.37. The number of hydrogen-bond donors (Lipinski definition) is 0. The molecule has 0 spiro atoms. The van der Waals surface area contributed by atoms with Crippen molar-refractivity contribution in [2.24, 2.45) is 0 Å². The number of benzene rings is 1. The number of thiophene rings is 1. The second-order valence-electron chi connectivity index (χ2n) is 5.97. The number of carbonyl (C=O) groups is 1. The van der Waals surface area contributed by atoms with E-state index < -0.39 is 0 Å². The van der Waals surface area contributed by atoms with Crippen LogP contribution in [0.4, 0.5) is 0 Å². The Kier molecular flexibility index (Phi) is 3.95. The number of rotatable bonds is 2. The molecule has 120 valence electrons. The summed E-state index contributed by atoms with van der Waals surface area (Å²) in [6.07, 6.45) is 4.70. The molecule has 4 rings (SSSR count). The molecule has 4 nitrogen and oxygen atoms in total. The number of nitrogens with zero attached hydrogens (tertiary/aromatic N) is 1. The highest BCUT2D eigenvalue weighted by atomic mass is 32.1. The average molecular weight is 329 g/mol. The topological polar surface area (TPSA) is 38.8 Å². The van der Waals surface area contributed by atoms with Crippen molar-refractivity contribution in [3.05, 3.63) is 35.2 Å². The van der Waals surface area contributed by atoms with Crippen molar-refractivity contribution in [3.63, 3.8) is 0 Å². The summed E-state index contributed by atoms with van der Waals surface area (Å²) in [6, 6.07) is 7.91. The van der Waals surface area contributed by atoms with Gasteiger partial charge < -0.3 is 14.4 Å². The van der Waals surface area contributed by atoms with E-state index in [1.54, 1.807) is 11.3 Å². The third kappa shape index (κ3) is 2.93. The lowest BCUT2D eigenvalue weighted by atomic mass is 10.1. The van der Waals surface area contributed by atoms with Crippen LogP contribution in [-0.2, 0) is 0 Å². The van der Waals surface area contributed by atoms with Crippen molar-refractivity contribution < 1.29 is 14.3 Å². The quantitative estimate of drug-likeness (QED) is 0.830. The lowest BCUT2D eigenvalue weighted by molar-refractivity contribution is 0.0762. The molecule has 1 saturated heterocycles. The van der Waals surface area contributed by atoms with E-state index >= 15 is 0 Å². The number of carbonyl (C=O) groups excluding carboxylic acids is 1. The van der Waals surface area contributed by atoms with E-state index in [4.69, 9.17) is 9.47 Å². The first-order valence-electron chi connectivity index (χ1n) is 8.09. The first kappa shape index (κ1) is 14.6. The number of likely N-dealkylation sites (tertiary alicyclic amines) is 1. The molecule has 5 heteroatoms. The van der Waals surface area contributed by atoms with E-state index in [0.717, 1.165) is 53.4 Å². The maximum atomic E-state index is 12.7. The first-order chi connectivity index (χ1) is 11.3. The molecule has 0 aliphatic carbocycles. The number of amides is 1. The Morgan fingerprint density at radius 1 is 1.00 bits per heavy atom. The molecule has 0 atom stereocenters. The van der Waals surface area contributed by atoms with E-state index in [-0.39, 0.29) is 12.7 Å². The van der Waals surface area contributed by atoms with Gasteiger partial charge in [0.05, 0.1) is 5.56 Å². The zero-order valence-electron chi connectivity index (χ0n) is 12.9. The minimum atomic E-state index is 0.162. The fraction of sp³-hybridized carbons (Fsp3) is 0.389. The van der Waals surface area contributed by atoms with Crippen LogP contribution in [0, 0.1) is 0 Å². The lowest BCUT2D eigenvalue weighted by Crippen LogP contribution is -2.31. The van der Waals surface area contributed by atoms with Crippen LogP contribution in [0.5, 0.6) is 11.5 Å². The number of hydrogen-bond acceptors (Lipinski definition) is 4. The third-order valence-corrected chi connectivity index (χ3v) is 5.38. The van der Waals surface area contributed by atoms with Gasteiger partial charge in [-0.2, -0.15) is 0 Å². The molecule has 2 aliphatic heterocycles. The smallest absolute Gasteiger partial charge is 0.254 e. The highest BCUT2D eigenvalue weighted by Gasteiger charge is 2.20. The minimum Gasteiger partial charge on any atom is -0.454 e. The van der Waals surface area contributed by atoms with Gasteiger partial charge in [-0.1, -0.05) is 12.8 Å². The number of ether oxygens (including phenoxy) is 2. The molecule has 1 amide bonds. The van der Waals surface area contributed by atoms with Gasteiger partial charge in [0.25, 0.3) is 5.91 Å². The van der Waals surface area contributed by atoms with E-state index in [9.17, 15) is 4.79 Å². The van der Waals surface area contributed by atoms with Gasteiger partial charge in [-0.05, 0) is 42.7 Å². The zero-order valence-corrected chi connectivity index (χ0v) is 13.7. The van der Waals surface area contributed by atoms with Gasteiger partial charge in [0.15, 0.2) is 11.5 Å². The van der Waals surface area contributed by atoms with Gasteiger partial charge in [0.1, 0.15) is 0 Å². The molecule has 0 radical (unpaired) electrons. The van der Waals surface area contributed by atoms with Crippen LogP contribution in [0.15, 0.2) is 29.6 Å². The molecule has 2 aliphatic rings. The second-order valence-corrected chi connectivity index (χ2v) is 6.89. The van der Waals surface area contributed by atoms with Crippen molar-refractivity contribution in [3.8, 4) is 21.9 Å². The summed E-state index contributed by atoms with van der Waals surface area (Å²) >= 11 is 1.60. The monoisotopic (exact) mass is 329 g/mol. The van der Waals surface area contributed by atoms with Gasteiger partial charge in [-0.25, -0.2) is 0 Å². The summed E-state index contributed by atoms with van der Waals surface area (Å²) in [5, 5.41) is 1.97. The Morgan fingerprint density at radius 2 is 1.78 bits per heavy atom. The van der Waals surface area contributed by atoms with Gasteiger partial charge in [-0.15, -0.1) is 11.3 Å². The van der Waals surface area contributed by atoms with Crippen molar-refractivity contribution in [2.75, 3.05) is 19.9 Å². The minimum absolute atomic E-state index is 0.162. The van der Waals surface area contributed by atoms with Gasteiger partial charge in [0.2, 0.25) is 6.79 Å². The predicted octanol–water partition coefficient (Wildman–Crippen LogP) is 4.16. The van der Waals surface area contributed by atoms with Crippen LogP contribution in [0.25, 0.3) is 10.4 Å². The Bertz CT molecular complexity index is 717. The summed E-state index contributed by atoms with van der Waals surface area (Å²) in [4.78, 5) is 15.8. The Balaban J connectivity index is 1.55. The van der Waals surface area contributed by atoms with Crippen LogP contribution in [0.3, 0.4) is 0 Å². The van der Waals surface area contributed by atoms with Crippen molar-refractivity contribution in [1.29, 1.82) is 0 Å². The predicted molar refractivity (Wildman–Crippen MR) is 90.2 cm³/mol. The molecule has 0 bridgehead atoms. The van der Waals surface area contributed by atoms with Crippen LogP contribution < -0.4 is 9.47 Å². The fourth-order valence-corrected chi connectivity index (χ4v) is 3.99. The summed E-state index contributed by atoms with van der Waals surface area (Å²) in [5.74, 6) is 1.72. The Morgan fingerprint density at radius 3 is 2.61 bits per heavy atom. The summed E-state index contributed by atoms with van der Waals surface area (Å²) in [6.45, 7) is 2.05. The van der Waals surface area contributed by atoms with E-state index in [1.165, 1.54) is 12.8 Å². The van der Waals surface area contributed by atoms with E-state index in [0.29, 0.717) is 0 Å². The van der Waals surface area contributed by atoms with Gasteiger partial charge in [0, 0.05) is 23.3 Å². The lowest BCUT2D eigenvalue weighted by Gasteiger charge is -2.19. The Hall–Kier alpha value is -2.01. The van der Waals surface area contributed by atoms with E-state index in [2.05, 4.69) is 0 Å². The maximum Gasteiger partial charge on any atom is 0.254 e. The first-order valence-corrected chi connectivity index (χ1v) is 8.97. The Labute approximate surface area is 139 Å². The second kappa shape index (κ2) is 6.24. The van der Waals surface area contributed by atoms with Crippen molar-refractivity contribution in [2.45, 2.75) is 25.7 Å². The SMILES string of the molecule is O=C(c1csc(-c2ccc3c(c2)OCO3)c1)N1CCCCCC1.